The lowest BCUT2D eigenvalue weighted by atomic mass is 9.85. The highest BCUT2D eigenvalue weighted by Crippen LogP contribution is 2.44. The van der Waals surface area contributed by atoms with E-state index in [2.05, 4.69) is 55.9 Å². The standard InChI is InChI=1S/C45H61N9O3/c1-29(2)23-30-24-32-15-16-33(25-30)54(32)44-51-50-42-20-17-35(28-53(42)44)57-39-19-18-38(36-13-8-9-14-37(36)39)48-43(55)49-41(27-40(46)45(3,4)5)47-31-11-10-12-34(26-31)56-22-21-52(6)7/h8-14,17,20,26,28-30,32-33,38-39,46H,15-16,18-19,21-25,27H2,1-7H3,(H2,47,48,49,55). The van der Waals surface area contributed by atoms with Crippen LogP contribution in [0.5, 0.6) is 11.5 Å². The van der Waals surface area contributed by atoms with Crippen LogP contribution in [-0.2, 0) is 0 Å². The summed E-state index contributed by atoms with van der Waals surface area (Å²) in [6.45, 7) is 12.0. The summed E-state index contributed by atoms with van der Waals surface area (Å²) >= 11 is 0. The number of urea groups is 1. The summed E-state index contributed by atoms with van der Waals surface area (Å²) < 4.78 is 14.8. The van der Waals surface area contributed by atoms with Gasteiger partial charge in [-0.15, -0.1) is 10.2 Å². The van der Waals surface area contributed by atoms with Crippen LogP contribution in [-0.4, -0.2) is 76.4 Å². The largest absolute Gasteiger partial charge is 0.492 e. The molecular formula is C45H61N9O3. The van der Waals surface area contributed by atoms with Crippen molar-refractivity contribution in [3.05, 3.63) is 78.0 Å². The minimum Gasteiger partial charge on any atom is -0.492 e. The molecule has 2 saturated heterocycles. The monoisotopic (exact) mass is 775 g/mol. The number of likely N-dealkylation sites (N-methyl/N-ethyl adjacent to an activating group) is 1. The summed E-state index contributed by atoms with van der Waals surface area (Å²) in [4.78, 5) is 23.1. The molecule has 304 valence electrons. The van der Waals surface area contributed by atoms with Crippen LogP contribution in [0.3, 0.4) is 0 Å². The fourth-order valence-corrected chi connectivity index (χ4v) is 8.78. The molecule has 12 nitrogen and oxygen atoms in total. The van der Waals surface area contributed by atoms with Gasteiger partial charge < -0.3 is 30.0 Å². The van der Waals surface area contributed by atoms with E-state index in [1.807, 2.05) is 89.6 Å². The van der Waals surface area contributed by atoms with Crippen LogP contribution in [0.25, 0.3) is 5.65 Å². The molecule has 4 atom stereocenters. The summed E-state index contributed by atoms with van der Waals surface area (Å²) in [5, 5.41) is 24.2. The molecule has 4 aromatic rings. The molecule has 0 spiro atoms. The fourth-order valence-electron chi connectivity index (χ4n) is 8.78. The smallest absolute Gasteiger partial charge is 0.320 e. The Hall–Kier alpha value is -4.97. The normalized spacial score (nSPS) is 22.2. The van der Waals surface area contributed by atoms with E-state index in [0.29, 0.717) is 48.1 Å². The Balaban J connectivity index is 1.04. The SMILES string of the molecule is CC(C)CC1CC2CCC(C1)N2c1nnc2ccc(OC3CCC(NC(=O)NC(CC(=N)C(C)(C)C)=Nc4cccc(OCCN(C)C)c4)c4ccccc43)cn12. The van der Waals surface area contributed by atoms with Crippen LogP contribution >= 0.6 is 0 Å². The van der Waals surface area contributed by atoms with E-state index in [1.165, 1.54) is 32.1 Å². The highest BCUT2D eigenvalue weighted by atomic mass is 16.5. The van der Waals surface area contributed by atoms with E-state index in [4.69, 9.17) is 25.0 Å². The van der Waals surface area contributed by atoms with Gasteiger partial charge in [-0.05, 0) is 112 Å². The number of pyridine rings is 1. The van der Waals surface area contributed by atoms with Crippen LogP contribution in [0, 0.1) is 22.7 Å². The second-order valence-electron chi connectivity index (χ2n) is 17.9. The predicted molar refractivity (Wildman–Crippen MR) is 227 cm³/mol. The van der Waals surface area contributed by atoms with Gasteiger partial charge >= 0.3 is 6.03 Å². The first-order chi connectivity index (χ1) is 27.3. The van der Waals surface area contributed by atoms with Gasteiger partial charge in [-0.2, -0.15) is 0 Å². The van der Waals surface area contributed by atoms with Crippen molar-refractivity contribution in [2.24, 2.45) is 22.2 Å². The highest BCUT2D eigenvalue weighted by molar-refractivity contribution is 6.09. The summed E-state index contributed by atoms with van der Waals surface area (Å²) in [7, 11) is 4.01. The minimum absolute atomic E-state index is 0.181. The van der Waals surface area contributed by atoms with E-state index in [0.717, 1.165) is 53.3 Å². The second-order valence-corrected chi connectivity index (χ2v) is 17.9. The second kappa shape index (κ2) is 17.3. The molecule has 1 aliphatic carbocycles. The number of ether oxygens (including phenoxy) is 2. The van der Waals surface area contributed by atoms with E-state index < -0.39 is 0 Å². The maximum Gasteiger partial charge on any atom is 0.320 e. The Labute approximate surface area is 337 Å². The van der Waals surface area contributed by atoms with Crippen LogP contribution < -0.4 is 25.0 Å². The van der Waals surface area contributed by atoms with Gasteiger partial charge in [0.15, 0.2) is 5.65 Å². The first-order valence-electron chi connectivity index (χ1n) is 20.8. The molecule has 3 aliphatic rings. The molecule has 4 heterocycles. The van der Waals surface area contributed by atoms with Gasteiger partial charge in [0.05, 0.1) is 17.9 Å². The van der Waals surface area contributed by atoms with Gasteiger partial charge in [-0.3, -0.25) is 9.72 Å². The first-order valence-corrected chi connectivity index (χ1v) is 20.8. The third-order valence-corrected chi connectivity index (χ3v) is 11.6. The van der Waals surface area contributed by atoms with Gasteiger partial charge in [0.2, 0.25) is 5.95 Å². The molecule has 12 heteroatoms. The van der Waals surface area contributed by atoms with Crippen molar-refractivity contribution < 1.29 is 14.3 Å². The summed E-state index contributed by atoms with van der Waals surface area (Å²) in [6.07, 6.45) is 9.66. The lowest BCUT2D eigenvalue weighted by Crippen LogP contribution is -2.44. The first kappa shape index (κ1) is 40.2. The zero-order valence-electron chi connectivity index (χ0n) is 34.8. The van der Waals surface area contributed by atoms with E-state index >= 15 is 0 Å². The van der Waals surface area contributed by atoms with E-state index in [1.54, 1.807) is 0 Å². The van der Waals surface area contributed by atoms with Gasteiger partial charge in [0.25, 0.3) is 0 Å². The van der Waals surface area contributed by atoms with Crippen molar-refractivity contribution in [1.82, 2.24) is 30.1 Å². The highest BCUT2D eigenvalue weighted by Gasteiger charge is 2.42. The van der Waals surface area contributed by atoms with Gasteiger partial charge in [-0.1, -0.05) is 65.0 Å². The molecule has 2 bridgehead atoms. The Morgan fingerprint density at radius 3 is 2.44 bits per heavy atom. The Bertz CT molecular complexity index is 2050. The maximum atomic E-state index is 13.7. The Kier molecular flexibility index (Phi) is 12.2. The Morgan fingerprint density at radius 2 is 1.72 bits per heavy atom. The number of aromatic nitrogens is 3. The molecule has 2 aromatic heterocycles. The molecule has 3 N–H and O–H groups in total. The van der Waals surface area contributed by atoms with Crippen LogP contribution in [0.15, 0.2) is 71.9 Å². The van der Waals surface area contributed by atoms with Gasteiger partial charge in [0.1, 0.15) is 30.0 Å². The lowest BCUT2D eigenvalue weighted by Gasteiger charge is -2.39. The number of fused-ring (bicyclic) bond motifs is 4. The third kappa shape index (κ3) is 9.77. The molecule has 2 aromatic carbocycles. The molecule has 57 heavy (non-hydrogen) atoms. The quantitative estimate of drug-likeness (QED) is 0.0913. The molecular weight excluding hydrogens is 715 g/mol. The van der Waals surface area contributed by atoms with Crippen molar-refractivity contribution in [2.45, 2.75) is 110 Å². The summed E-state index contributed by atoms with van der Waals surface area (Å²) in [5.74, 6) is 4.31. The number of aliphatic imine (C=N–C) groups is 1. The molecule has 0 radical (unpaired) electrons. The number of amides is 2. The zero-order chi connectivity index (χ0) is 40.3. The number of hydrogen-bond donors (Lipinski definition) is 3. The molecule has 2 aliphatic heterocycles. The van der Waals surface area contributed by atoms with Crippen molar-refractivity contribution in [3.63, 3.8) is 0 Å². The van der Waals surface area contributed by atoms with Crippen LogP contribution in [0.4, 0.5) is 16.4 Å². The molecule has 4 unspecified atom stereocenters. The van der Waals surface area contributed by atoms with Crippen LogP contribution in [0.1, 0.15) is 109 Å². The van der Waals surface area contributed by atoms with E-state index in [-0.39, 0.29) is 30.0 Å². The maximum absolute atomic E-state index is 13.7. The Morgan fingerprint density at radius 1 is 0.965 bits per heavy atom. The number of nitrogens with one attached hydrogen (secondary N) is 3. The summed E-state index contributed by atoms with van der Waals surface area (Å²) in [6, 6.07) is 20.1. The summed E-state index contributed by atoms with van der Waals surface area (Å²) in [5.41, 5.74) is 3.64. The number of carbonyl (C=O) groups excluding carboxylic acids is 1. The third-order valence-electron chi connectivity index (χ3n) is 11.6. The van der Waals surface area contributed by atoms with E-state index in [9.17, 15) is 4.79 Å². The van der Waals surface area contributed by atoms with Gasteiger partial charge in [-0.25, -0.2) is 9.79 Å². The number of benzene rings is 2. The van der Waals surface area contributed by atoms with Crippen molar-refractivity contribution >= 4 is 34.9 Å². The average molecular weight is 776 g/mol. The number of rotatable bonds is 13. The molecule has 7 rings (SSSR count). The predicted octanol–water partition coefficient (Wildman–Crippen LogP) is 8.90. The number of amidine groups is 1. The van der Waals surface area contributed by atoms with Crippen LogP contribution in [0.2, 0.25) is 0 Å². The number of piperidine rings is 1. The molecule has 0 saturated carbocycles. The fraction of sp³-hybridized carbons (Fsp3) is 0.533. The topological polar surface area (TPSA) is 132 Å². The zero-order valence-corrected chi connectivity index (χ0v) is 34.8. The molecule has 2 amide bonds. The number of anilines is 1. The van der Waals surface area contributed by atoms with Crippen molar-refractivity contribution in [3.8, 4) is 11.5 Å². The molecule has 2 fully saturated rings. The van der Waals surface area contributed by atoms with Crippen molar-refractivity contribution in [1.29, 1.82) is 5.41 Å². The number of carbonyl (C=O) groups is 1. The minimum atomic E-state index is -0.377. The number of nitrogens with zero attached hydrogens (tertiary/aromatic N) is 6. The van der Waals surface area contributed by atoms with Gasteiger partial charge in [0, 0.05) is 36.8 Å². The van der Waals surface area contributed by atoms with Crippen molar-refractivity contribution in [2.75, 3.05) is 32.1 Å². The average Bonchev–Trinajstić information content (AvgIpc) is 3.68. The lowest BCUT2D eigenvalue weighted by molar-refractivity contribution is 0.171. The number of hydrogen-bond acceptors (Lipinski definition) is 9.